The second-order valence-electron chi connectivity index (χ2n) is 5.27. The molecule has 5 heteroatoms. The van der Waals surface area contributed by atoms with Crippen LogP contribution in [0.1, 0.15) is 55.4 Å². The molecule has 21 heavy (non-hydrogen) atoms. The Labute approximate surface area is 152 Å². The molecule has 0 aliphatic carbocycles. The van der Waals surface area contributed by atoms with E-state index in [0.717, 1.165) is 17.2 Å². The van der Waals surface area contributed by atoms with Gasteiger partial charge in [0.05, 0.1) is 0 Å². The van der Waals surface area contributed by atoms with Crippen molar-refractivity contribution in [2.75, 3.05) is 0 Å². The van der Waals surface area contributed by atoms with Gasteiger partial charge in [0.1, 0.15) is 0 Å². The van der Waals surface area contributed by atoms with Crippen LogP contribution in [0.3, 0.4) is 0 Å². The Balaban J connectivity index is -0.000000260. The standard InChI is InChI=1S/2C8H15P.2ClH.Pd/c2*1-7(2)5-9-6-8(3)4;;;/h2*5-6,9H,1-4H3;2*1H;/q;;;;+2/p-2. The Morgan fingerprint density at radius 2 is 0.714 bits per heavy atom. The molecule has 0 aliphatic heterocycles. The van der Waals surface area contributed by atoms with Crippen molar-refractivity contribution in [3.8, 4) is 0 Å². The van der Waals surface area contributed by atoms with E-state index in [0.29, 0.717) is 0 Å². The summed E-state index contributed by atoms with van der Waals surface area (Å²) in [6.45, 7) is 17.0. The summed E-state index contributed by atoms with van der Waals surface area (Å²) in [4.78, 5) is 0. The molecule has 0 amide bonds. The van der Waals surface area contributed by atoms with E-state index in [1.165, 1.54) is 22.3 Å². The Kier molecular flexibility index (Phi) is 27.0. The predicted molar refractivity (Wildman–Crippen MR) is 106 cm³/mol. The molecule has 0 heterocycles. The Morgan fingerprint density at radius 3 is 0.810 bits per heavy atom. The Morgan fingerprint density at radius 1 is 0.571 bits per heavy atom. The van der Waals surface area contributed by atoms with Crippen LogP contribution in [-0.2, 0) is 15.9 Å². The van der Waals surface area contributed by atoms with Gasteiger partial charge in [-0.15, -0.1) is 0 Å². The molecule has 0 saturated heterocycles. The maximum absolute atomic E-state index is 4.81. The molecule has 0 aliphatic rings. The van der Waals surface area contributed by atoms with Crippen molar-refractivity contribution >= 4 is 36.2 Å². The molecule has 0 fully saturated rings. The van der Waals surface area contributed by atoms with Crippen molar-refractivity contribution in [3.63, 3.8) is 0 Å². The Hall–Kier alpha value is 1.06. The zero-order valence-corrected chi connectivity index (χ0v) is 19.4. The van der Waals surface area contributed by atoms with Gasteiger partial charge in [-0.05, 0) is 55.4 Å². The number of halogens is 2. The first kappa shape index (κ1) is 26.9. The van der Waals surface area contributed by atoms with Gasteiger partial charge in [0, 0.05) is 0 Å². The average Bonchev–Trinajstić information content (AvgIpc) is 2.28. The fraction of sp³-hybridized carbons (Fsp3) is 0.500. The van der Waals surface area contributed by atoms with E-state index in [1.807, 2.05) is 0 Å². The maximum atomic E-state index is 4.81. The number of allylic oxidation sites excluding steroid dienone is 4. The van der Waals surface area contributed by atoms with E-state index in [9.17, 15) is 0 Å². The van der Waals surface area contributed by atoms with Gasteiger partial charge < -0.3 is 0 Å². The first-order valence-electron chi connectivity index (χ1n) is 6.55. The molecule has 0 bridgehead atoms. The molecule has 0 N–H and O–H groups in total. The van der Waals surface area contributed by atoms with Gasteiger partial charge in [0.15, 0.2) is 0 Å². The summed E-state index contributed by atoms with van der Waals surface area (Å²) in [6.07, 6.45) is 0. The van der Waals surface area contributed by atoms with Crippen molar-refractivity contribution in [3.05, 3.63) is 45.6 Å². The van der Waals surface area contributed by atoms with Gasteiger partial charge in [-0.1, -0.05) is 62.7 Å². The first-order chi connectivity index (χ1) is 9.67. The van der Waals surface area contributed by atoms with Crippen molar-refractivity contribution in [2.45, 2.75) is 55.4 Å². The number of hydrogen-bond acceptors (Lipinski definition) is 0. The molecular formula is C16H30Cl2P2Pd. The van der Waals surface area contributed by atoms with Gasteiger partial charge in [-0.3, -0.25) is 0 Å². The van der Waals surface area contributed by atoms with Crippen LogP contribution in [0.5, 0.6) is 0 Å². The van der Waals surface area contributed by atoms with Crippen LogP contribution in [0.15, 0.2) is 45.6 Å². The third-order valence-corrected chi connectivity index (χ3v) is 4.46. The molecule has 0 rings (SSSR count). The summed E-state index contributed by atoms with van der Waals surface area (Å²) in [5.41, 5.74) is 5.63. The van der Waals surface area contributed by atoms with Crippen molar-refractivity contribution < 1.29 is 15.9 Å². The normalized spacial score (nSPS) is 8.29. The van der Waals surface area contributed by atoms with E-state index in [4.69, 9.17) is 19.1 Å². The molecule has 0 aromatic rings. The average molecular weight is 462 g/mol. The van der Waals surface area contributed by atoms with Gasteiger partial charge in [-0.25, -0.2) is 0 Å². The summed E-state index contributed by atoms with van der Waals surface area (Å²) < 4.78 is 0. The van der Waals surface area contributed by atoms with Crippen LogP contribution in [-0.4, -0.2) is 0 Å². The SMILES string of the molecule is CC(C)=CPC=C(C)C.CC(C)=CPC=C(C)C.[Cl][Pd][Cl]. The minimum absolute atomic E-state index is 0.106. The molecular weight excluding hydrogens is 431 g/mol. The van der Waals surface area contributed by atoms with Crippen molar-refractivity contribution in [1.82, 2.24) is 0 Å². The zero-order valence-electron chi connectivity index (χ0n) is 14.4. The summed E-state index contributed by atoms with van der Waals surface area (Å²) >= 11 is -0.106. The Bertz CT molecular complexity index is 277. The topological polar surface area (TPSA) is 0 Å². The van der Waals surface area contributed by atoms with Crippen molar-refractivity contribution in [2.24, 2.45) is 0 Å². The molecule has 0 atom stereocenters. The molecule has 0 unspecified atom stereocenters. The van der Waals surface area contributed by atoms with E-state index >= 15 is 0 Å². The van der Waals surface area contributed by atoms with Crippen LogP contribution >= 0.6 is 36.2 Å². The van der Waals surface area contributed by atoms with E-state index in [-0.39, 0.29) is 15.9 Å². The summed E-state index contributed by atoms with van der Waals surface area (Å²) in [6, 6.07) is 0. The van der Waals surface area contributed by atoms with Gasteiger partial charge in [0.25, 0.3) is 0 Å². The third-order valence-electron chi connectivity index (χ3n) is 1.49. The molecule has 0 nitrogen and oxygen atoms in total. The number of rotatable bonds is 4. The van der Waals surface area contributed by atoms with E-state index in [1.54, 1.807) is 0 Å². The predicted octanol–water partition coefficient (Wildman–Crippen LogP) is 8.40. The third kappa shape index (κ3) is 44.9. The molecule has 0 aromatic heterocycles. The van der Waals surface area contributed by atoms with Crippen molar-refractivity contribution in [1.29, 1.82) is 0 Å². The molecule has 128 valence electrons. The second-order valence-corrected chi connectivity index (χ2v) is 9.45. The fourth-order valence-electron chi connectivity index (χ4n) is 0.750. The summed E-state index contributed by atoms with van der Waals surface area (Å²) in [5, 5.41) is 0. The fourth-order valence-corrected chi connectivity index (χ4v) is 2.25. The van der Waals surface area contributed by atoms with Crippen LogP contribution in [0, 0.1) is 0 Å². The molecule has 0 saturated carbocycles. The van der Waals surface area contributed by atoms with Gasteiger partial charge >= 0.3 is 35.0 Å². The van der Waals surface area contributed by atoms with Gasteiger partial charge in [0.2, 0.25) is 0 Å². The molecule has 0 radical (unpaired) electrons. The first-order valence-corrected chi connectivity index (χ1v) is 12.9. The van der Waals surface area contributed by atoms with E-state index in [2.05, 4.69) is 78.7 Å². The van der Waals surface area contributed by atoms with Crippen LogP contribution in [0.25, 0.3) is 0 Å². The quantitative estimate of drug-likeness (QED) is 0.291. The van der Waals surface area contributed by atoms with Gasteiger partial charge in [-0.2, -0.15) is 0 Å². The van der Waals surface area contributed by atoms with Crippen LogP contribution < -0.4 is 0 Å². The zero-order chi connectivity index (χ0) is 17.3. The summed E-state index contributed by atoms with van der Waals surface area (Å²) in [7, 11) is 11.4. The van der Waals surface area contributed by atoms with Crippen LogP contribution in [0.4, 0.5) is 0 Å². The second kappa shape index (κ2) is 21.1. The summed E-state index contributed by atoms with van der Waals surface area (Å²) in [5.74, 6) is 9.03. The van der Waals surface area contributed by atoms with E-state index < -0.39 is 0 Å². The molecule has 0 spiro atoms. The minimum atomic E-state index is -0.106. The monoisotopic (exact) mass is 460 g/mol. The number of hydrogen-bond donors (Lipinski definition) is 0. The van der Waals surface area contributed by atoms with Crippen LogP contribution in [0.2, 0.25) is 0 Å². The molecule has 0 aromatic carbocycles.